The Bertz CT molecular complexity index is 915. The van der Waals surface area contributed by atoms with E-state index in [0.717, 1.165) is 5.56 Å². The quantitative estimate of drug-likeness (QED) is 0.424. The molecule has 0 saturated heterocycles. The van der Waals surface area contributed by atoms with E-state index in [1.807, 2.05) is 12.1 Å². The van der Waals surface area contributed by atoms with Crippen LogP contribution in [0.5, 0.6) is 0 Å². The van der Waals surface area contributed by atoms with Gasteiger partial charge in [-0.2, -0.15) is 0 Å². The van der Waals surface area contributed by atoms with Crippen LogP contribution in [0.25, 0.3) is 33.0 Å². The van der Waals surface area contributed by atoms with E-state index in [4.69, 9.17) is 0 Å². The van der Waals surface area contributed by atoms with E-state index in [1.54, 1.807) is 0 Å². The molecule has 4 rings (SSSR count). The maximum absolute atomic E-state index is 3.44. The van der Waals surface area contributed by atoms with Gasteiger partial charge in [0, 0.05) is 0 Å². The van der Waals surface area contributed by atoms with Crippen LogP contribution >= 0.6 is 0 Å². The summed E-state index contributed by atoms with van der Waals surface area (Å²) in [5.41, 5.74) is 4.84. The third-order valence-electron chi connectivity index (χ3n) is 4.00. The van der Waals surface area contributed by atoms with Crippen LogP contribution in [0, 0.1) is 6.07 Å². The highest BCUT2D eigenvalue weighted by molar-refractivity contribution is 6.00. The van der Waals surface area contributed by atoms with E-state index in [2.05, 4.69) is 84.9 Å². The van der Waals surface area contributed by atoms with Crippen molar-refractivity contribution >= 4 is 10.8 Å². The number of fused-ring (bicyclic) bond motifs is 1. The van der Waals surface area contributed by atoms with Gasteiger partial charge < -0.3 is 0 Å². The van der Waals surface area contributed by atoms with Gasteiger partial charge in [-0.15, -0.1) is 0 Å². The molecule has 0 N–H and O–H groups in total. The monoisotopic (exact) mass is 279 g/mol. The molecule has 0 bridgehead atoms. The molecule has 4 aromatic rings. The van der Waals surface area contributed by atoms with E-state index in [0.29, 0.717) is 0 Å². The molecule has 0 nitrogen and oxygen atoms in total. The summed E-state index contributed by atoms with van der Waals surface area (Å²) in [7, 11) is 0. The van der Waals surface area contributed by atoms with E-state index in [-0.39, 0.29) is 0 Å². The summed E-state index contributed by atoms with van der Waals surface area (Å²) in [6, 6.07) is 35.1. The minimum absolute atomic E-state index is 1.16. The van der Waals surface area contributed by atoms with Crippen LogP contribution in [0.2, 0.25) is 0 Å². The lowest BCUT2D eigenvalue weighted by molar-refractivity contribution is 1.59. The number of rotatable bonds is 2. The molecule has 0 heterocycles. The summed E-state index contributed by atoms with van der Waals surface area (Å²) in [5, 5.41) is 2.53. The Labute approximate surface area is 130 Å². The van der Waals surface area contributed by atoms with Crippen molar-refractivity contribution in [1.29, 1.82) is 0 Å². The van der Waals surface area contributed by atoms with Gasteiger partial charge in [-0.25, -0.2) is 0 Å². The molecule has 22 heavy (non-hydrogen) atoms. The minimum Gasteiger partial charge on any atom is -0.0622 e. The second-order valence-electron chi connectivity index (χ2n) is 5.35. The first-order valence-corrected chi connectivity index (χ1v) is 7.48. The molecule has 0 aromatic heterocycles. The first kappa shape index (κ1) is 12.8. The maximum Gasteiger partial charge on any atom is -0.00204 e. The smallest absolute Gasteiger partial charge is 0.00204 e. The molecule has 0 atom stereocenters. The van der Waals surface area contributed by atoms with Crippen LogP contribution in [0.3, 0.4) is 0 Å². The Morgan fingerprint density at radius 3 is 2.18 bits per heavy atom. The topological polar surface area (TPSA) is 0 Å². The van der Waals surface area contributed by atoms with E-state index in [9.17, 15) is 0 Å². The molecule has 1 radical (unpaired) electrons. The predicted octanol–water partition coefficient (Wildman–Crippen LogP) is 5.97. The summed E-state index contributed by atoms with van der Waals surface area (Å²) in [6.45, 7) is 0. The highest BCUT2D eigenvalue weighted by atomic mass is 14.1. The van der Waals surface area contributed by atoms with E-state index in [1.165, 1.54) is 27.5 Å². The second kappa shape index (κ2) is 5.50. The molecule has 0 amide bonds. The Balaban J connectivity index is 2.01. The van der Waals surface area contributed by atoms with Gasteiger partial charge in [-0.1, -0.05) is 91.0 Å². The van der Waals surface area contributed by atoms with Crippen molar-refractivity contribution in [2.45, 2.75) is 0 Å². The Kier molecular flexibility index (Phi) is 3.21. The van der Waals surface area contributed by atoms with Crippen LogP contribution in [-0.4, -0.2) is 0 Å². The van der Waals surface area contributed by atoms with Crippen LogP contribution in [0.1, 0.15) is 0 Å². The van der Waals surface area contributed by atoms with Gasteiger partial charge in [-0.3, -0.25) is 0 Å². The van der Waals surface area contributed by atoms with Crippen LogP contribution in [0.4, 0.5) is 0 Å². The fourth-order valence-corrected chi connectivity index (χ4v) is 2.96. The molecule has 0 aliphatic rings. The number of hydrogen-bond donors (Lipinski definition) is 0. The van der Waals surface area contributed by atoms with Crippen LogP contribution < -0.4 is 0 Å². The Morgan fingerprint density at radius 1 is 0.545 bits per heavy atom. The second-order valence-corrected chi connectivity index (χ2v) is 5.35. The molecular formula is C22H15. The molecule has 0 fully saturated rings. The summed E-state index contributed by atoms with van der Waals surface area (Å²) < 4.78 is 0. The lowest BCUT2D eigenvalue weighted by Gasteiger charge is -2.12. The Morgan fingerprint density at radius 2 is 1.27 bits per heavy atom. The molecule has 0 aliphatic heterocycles. The lowest BCUT2D eigenvalue weighted by Crippen LogP contribution is -1.86. The molecule has 0 aliphatic carbocycles. The van der Waals surface area contributed by atoms with Gasteiger partial charge in [0.25, 0.3) is 0 Å². The van der Waals surface area contributed by atoms with Gasteiger partial charge in [0.05, 0.1) is 0 Å². The molecule has 0 spiro atoms. The molecule has 0 saturated carbocycles. The third-order valence-corrected chi connectivity index (χ3v) is 4.00. The molecule has 0 unspecified atom stereocenters. The van der Waals surface area contributed by atoms with E-state index < -0.39 is 0 Å². The van der Waals surface area contributed by atoms with Gasteiger partial charge in [0.15, 0.2) is 0 Å². The minimum atomic E-state index is 1.16. The fraction of sp³-hybridized carbons (Fsp3) is 0. The fourth-order valence-electron chi connectivity index (χ4n) is 2.96. The van der Waals surface area contributed by atoms with Crippen molar-refractivity contribution in [3.8, 4) is 22.3 Å². The van der Waals surface area contributed by atoms with Crippen LogP contribution in [0.15, 0.2) is 91.0 Å². The predicted molar refractivity (Wildman–Crippen MR) is 93.7 cm³/mol. The SMILES string of the molecule is [c]1cccc(-c2ccccc2)c1-c1cccc2ccccc12. The average Bonchev–Trinajstić information content (AvgIpc) is 2.62. The summed E-state index contributed by atoms with van der Waals surface area (Å²) in [6.07, 6.45) is 0. The average molecular weight is 279 g/mol. The molecule has 0 heteroatoms. The number of hydrogen-bond acceptors (Lipinski definition) is 0. The lowest BCUT2D eigenvalue weighted by atomic mass is 9.91. The standard InChI is InChI=1S/C22H15/c1-2-9-17(10-3-1)19-14-6-7-15-21(19)22-16-8-12-18-11-4-5-13-20(18)22/h1-14,16H. The zero-order valence-corrected chi connectivity index (χ0v) is 12.2. The number of benzene rings is 4. The van der Waals surface area contributed by atoms with Crippen molar-refractivity contribution in [3.63, 3.8) is 0 Å². The van der Waals surface area contributed by atoms with Gasteiger partial charge in [0.2, 0.25) is 0 Å². The van der Waals surface area contributed by atoms with Crippen LogP contribution in [-0.2, 0) is 0 Å². The maximum atomic E-state index is 3.44. The highest BCUT2D eigenvalue weighted by Crippen LogP contribution is 2.35. The highest BCUT2D eigenvalue weighted by Gasteiger charge is 2.09. The normalized spacial score (nSPS) is 10.7. The molecule has 4 aromatic carbocycles. The van der Waals surface area contributed by atoms with Crippen molar-refractivity contribution in [1.82, 2.24) is 0 Å². The first-order chi connectivity index (χ1) is 10.9. The zero-order valence-electron chi connectivity index (χ0n) is 12.2. The van der Waals surface area contributed by atoms with Gasteiger partial charge >= 0.3 is 0 Å². The third kappa shape index (κ3) is 2.19. The first-order valence-electron chi connectivity index (χ1n) is 7.48. The molecule has 103 valence electrons. The Hall–Kier alpha value is -2.86. The van der Waals surface area contributed by atoms with E-state index >= 15 is 0 Å². The van der Waals surface area contributed by atoms with Gasteiger partial charge in [-0.05, 0) is 39.1 Å². The van der Waals surface area contributed by atoms with Crippen molar-refractivity contribution in [2.24, 2.45) is 0 Å². The summed E-state index contributed by atoms with van der Waals surface area (Å²) in [4.78, 5) is 0. The van der Waals surface area contributed by atoms with Gasteiger partial charge in [0.1, 0.15) is 0 Å². The van der Waals surface area contributed by atoms with Crippen molar-refractivity contribution < 1.29 is 0 Å². The van der Waals surface area contributed by atoms with Crippen molar-refractivity contribution in [2.75, 3.05) is 0 Å². The molecular weight excluding hydrogens is 264 g/mol. The zero-order chi connectivity index (χ0) is 14.8. The largest absolute Gasteiger partial charge is 0.0622 e. The summed E-state index contributed by atoms with van der Waals surface area (Å²) >= 11 is 0. The van der Waals surface area contributed by atoms with Crippen molar-refractivity contribution in [3.05, 3.63) is 97.1 Å². The summed E-state index contributed by atoms with van der Waals surface area (Å²) in [5.74, 6) is 0.